The summed E-state index contributed by atoms with van der Waals surface area (Å²) in [5.74, 6) is -1.84. The number of carbonyl (C=O) groups excluding carboxylic acids is 1. The van der Waals surface area contributed by atoms with E-state index in [0.29, 0.717) is 5.75 Å². The fourth-order valence-electron chi connectivity index (χ4n) is 2.31. The Labute approximate surface area is 163 Å². The lowest BCUT2D eigenvalue weighted by Gasteiger charge is -2.05. The van der Waals surface area contributed by atoms with Crippen molar-refractivity contribution in [2.24, 2.45) is 4.36 Å². The van der Waals surface area contributed by atoms with Crippen LogP contribution in [0.3, 0.4) is 0 Å². The molecule has 1 unspecified atom stereocenters. The first-order valence-corrected chi connectivity index (χ1v) is 9.94. The number of methoxy groups -OCH3 is 1. The van der Waals surface area contributed by atoms with Gasteiger partial charge in [-0.15, -0.1) is 0 Å². The van der Waals surface area contributed by atoms with E-state index in [1.807, 2.05) is 0 Å². The molecule has 0 aliphatic heterocycles. The topological polar surface area (TPSA) is 94.7 Å². The van der Waals surface area contributed by atoms with Gasteiger partial charge in [-0.1, -0.05) is 5.16 Å². The highest BCUT2D eigenvalue weighted by molar-refractivity contribution is 7.93. The molecule has 3 rings (SSSR count). The second kappa shape index (κ2) is 7.66. The Balaban J connectivity index is 1.85. The van der Waals surface area contributed by atoms with Crippen LogP contribution in [0.5, 0.6) is 5.75 Å². The van der Waals surface area contributed by atoms with Gasteiger partial charge in [-0.05, 0) is 48.5 Å². The van der Waals surface area contributed by atoms with E-state index in [4.69, 9.17) is 4.74 Å². The maximum atomic E-state index is 12.9. The summed E-state index contributed by atoms with van der Waals surface area (Å²) in [7, 11) is -1.60. The molecule has 11 heteroatoms. The Morgan fingerprint density at radius 2 is 1.72 bits per heavy atom. The summed E-state index contributed by atoms with van der Waals surface area (Å²) >= 11 is 0. The lowest BCUT2D eigenvalue weighted by atomic mass is 10.2. The van der Waals surface area contributed by atoms with Crippen LogP contribution < -0.4 is 4.74 Å². The number of benzene rings is 2. The minimum absolute atomic E-state index is 0.225. The molecule has 3 aromatic rings. The van der Waals surface area contributed by atoms with Crippen LogP contribution in [-0.2, 0) is 15.9 Å². The molecule has 1 atom stereocenters. The predicted octanol–water partition coefficient (Wildman–Crippen LogP) is 4.06. The van der Waals surface area contributed by atoms with Crippen LogP contribution in [0.2, 0.25) is 0 Å². The van der Waals surface area contributed by atoms with Crippen molar-refractivity contribution in [2.75, 3.05) is 13.4 Å². The third-order valence-corrected chi connectivity index (χ3v) is 5.47. The van der Waals surface area contributed by atoms with E-state index in [9.17, 15) is 22.2 Å². The summed E-state index contributed by atoms with van der Waals surface area (Å²) in [5.41, 5.74) is 0.466. The molecule has 2 aromatic carbocycles. The minimum atomic E-state index is -4.75. The van der Waals surface area contributed by atoms with Crippen LogP contribution in [0.15, 0.2) is 62.3 Å². The van der Waals surface area contributed by atoms with Gasteiger partial charge < -0.3 is 9.26 Å². The van der Waals surface area contributed by atoms with E-state index in [1.165, 1.54) is 49.8 Å². The predicted molar refractivity (Wildman–Crippen MR) is 96.8 cm³/mol. The summed E-state index contributed by atoms with van der Waals surface area (Å²) in [6.07, 6.45) is -3.46. The highest BCUT2D eigenvalue weighted by Gasteiger charge is 2.38. The lowest BCUT2D eigenvalue weighted by Crippen LogP contribution is -2.05. The Morgan fingerprint density at radius 3 is 2.24 bits per heavy atom. The van der Waals surface area contributed by atoms with Crippen molar-refractivity contribution < 1.29 is 31.4 Å². The minimum Gasteiger partial charge on any atom is -0.497 e. The molecule has 1 amide bonds. The average Bonchev–Trinajstić information content (AvgIpc) is 3.18. The fraction of sp³-hybridized carbons (Fsp3) is 0.167. The zero-order valence-corrected chi connectivity index (χ0v) is 16.0. The van der Waals surface area contributed by atoms with E-state index in [1.54, 1.807) is 12.1 Å². The quantitative estimate of drug-likeness (QED) is 0.626. The summed E-state index contributed by atoms with van der Waals surface area (Å²) in [6, 6.07) is 11.7. The van der Waals surface area contributed by atoms with Gasteiger partial charge in [0.1, 0.15) is 5.75 Å². The van der Waals surface area contributed by atoms with Crippen LogP contribution >= 0.6 is 0 Å². The van der Waals surface area contributed by atoms with Crippen molar-refractivity contribution in [2.45, 2.75) is 11.1 Å². The normalized spacial score (nSPS) is 13.6. The summed E-state index contributed by atoms with van der Waals surface area (Å²) < 4.78 is 63.5. The Hall–Kier alpha value is -3.21. The molecule has 0 aliphatic carbocycles. The van der Waals surface area contributed by atoms with E-state index in [-0.39, 0.29) is 21.8 Å². The molecule has 29 heavy (non-hydrogen) atoms. The number of carbonyl (C=O) groups is 1. The maximum absolute atomic E-state index is 12.9. The van der Waals surface area contributed by atoms with Gasteiger partial charge in [0.15, 0.2) is 0 Å². The van der Waals surface area contributed by atoms with Crippen LogP contribution in [-0.4, -0.2) is 33.6 Å². The molecular formula is C18H14F3N3O4S. The fourth-order valence-corrected chi connectivity index (χ4v) is 3.48. The Kier molecular flexibility index (Phi) is 5.42. The third-order valence-electron chi connectivity index (χ3n) is 3.81. The molecule has 0 N–H and O–H groups in total. The highest BCUT2D eigenvalue weighted by Crippen LogP contribution is 2.29. The van der Waals surface area contributed by atoms with E-state index in [0.717, 1.165) is 0 Å². The largest absolute Gasteiger partial charge is 0.497 e. The number of rotatable bonds is 4. The maximum Gasteiger partial charge on any atom is 0.471 e. The van der Waals surface area contributed by atoms with Gasteiger partial charge in [0.25, 0.3) is 5.91 Å². The Morgan fingerprint density at radius 1 is 1.10 bits per heavy atom. The number of nitrogens with zero attached hydrogens (tertiary/aromatic N) is 3. The average molecular weight is 425 g/mol. The van der Waals surface area contributed by atoms with Gasteiger partial charge >= 0.3 is 12.1 Å². The molecule has 0 fully saturated rings. The first-order chi connectivity index (χ1) is 13.6. The monoisotopic (exact) mass is 425 g/mol. The molecule has 1 aromatic heterocycles. The van der Waals surface area contributed by atoms with Gasteiger partial charge in [-0.25, -0.2) is 4.21 Å². The summed E-state index contributed by atoms with van der Waals surface area (Å²) in [4.78, 5) is 15.8. The first-order valence-electron chi connectivity index (χ1n) is 8.02. The van der Waals surface area contributed by atoms with E-state index in [2.05, 4.69) is 19.0 Å². The zero-order valence-electron chi connectivity index (χ0n) is 15.1. The van der Waals surface area contributed by atoms with Crippen LogP contribution in [0.4, 0.5) is 13.2 Å². The molecule has 152 valence electrons. The third kappa shape index (κ3) is 4.62. The number of hydrogen-bond acceptors (Lipinski definition) is 6. The Bertz CT molecular complexity index is 1150. The van der Waals surface area contributed by atoms with Crippen molar-refractivity contribution in [1.82, 2.24) is 10.1 Å². The molecule has 0 bridgehead atoms. The van der Waals surface area contributed by atoms with Gasteiger partial charge in [0.05, 0.1) is 16.8 Å². The SMILES string of the molecule is COc1ccc(C(=O)N=S(C)(=O)c2ccc(-c3noc(C(F)(F)F)n3)cc2)cc1. The smallest absolute Gasteiger partial charge is 0.471 e. The number of aromatic nitrogens is 2. The van der Waals surface area contributed by atoms with Gasteiger partial charge in [-0.3, -0.25) is 4.79 Å². The molecule has 1 heterocycles. The van der Waals surface area contributed by atoms with Gasteiger partial charge in [0, 0.05) is 22.3 Å². The first kappa shape index (κ1) is 20.5. The summed E-state index contributed by atoms with van der Waals surface area (Å²) in [6.45, 7) is 0. The van der Waals surface area contributed by atoms with Crippen LogP contribution in [0, 0.1) is 0 Å². The molecule has 0 saturated carbocycles. The molecule has 0 radical (unpaired) electrons. The van der Waals surface area contributed by atoms with Gasteiger partial charge in [-0.2, -0.15) is 22.5 Å². The number of alkyl halides is 3. The molecule has 0 aliphatic rings. The lowest BCUT2D eigenvalue weighted by molar-refractivity contribution is -0.159. The standard InChI is InChI=1S/C18H14F3N3O4S/c1-27-13-7-3-12(4-8-13)16(25)24-29(2,26)14-9-5-11(6-10-14)15-22-17(28-23-15)18(19,20)21/h3-10H,1-2H3. The zero-order chi connectivity index (χ0) is 21.2. The van der Waals surface area contributed by atoms with E-state index < -0.39 is 27.7 Å². The molecule has 0 saturated heterocycles. The second-order valence-corrected chi connectivity index (χ2v) is 8.13. The highest BCUT2D eigenvalue weighted by atomic mass is 32.2. The van der Waals surface area contributed by atoms with Crippen LogP contribution in [0.1, 0.15) is 16.2 Å². The van der Waals surface area contributed by atoms with Crippen molar-refractivity contribution in [3.63, 3.8) is 0 Å². The van der Waals surface area contributed by atoms with Gasteiger partial charge in [0.2, 0.25) is 5.82 Å². The van der Waals surface area contributed by atoms with Crippen molar-refractivity contribution in [1.29, 1.82) is 0 Å². The van der Waals surface area contributed by atoms with E-state index >= 15 is 0 Å². The second-order valence-electron chi connectivity index (χ2n) is 5.87. The number of halogens is 3. The molecule has 0 spiro atoms. The van der Waals surface area contributed by atoms with Crippen molar-refractivity contribution in [3.8, 4) is 17.1 Å². The number of ether oxygens (including phenoxy) is 1. The van der Waals surface area contributed by atoms with Crippen LogP contribution in [0.25, 0.3) is 11.4 Å². The van der Waals surface area contributed by atoms with Crippen molar-refractivity contribution in [3.05, 3.63) is 60.0 Å². The summed E-state index contributed by atoms with van der Waals surface area (Å²) in [5, 5.41) is 3.28. The molecular weight excluding hydrogens is 411 g/mol. The molecule has 7 nitrogen and oxygen atoms in total. The number of hydrogen-bond donors (Lipinski definition) is 0. The number of amides is 1. The van der Waals surface area contributed by atoms with Crippen molar-refractivity contribution >= 4 is 15.6 Å².